The van der Waals surface area contributed by atoms with E-state index in [0.717, 1.165) is 5.56 Å². The molecule has 17 heavy (non-hydrogen) atoms. The molecule has 0 aromatic heterocycles. The summed E-state index contributed by atoms with van der Waals surface area (Å²) < 4.78 is 15.8. The monoisotopic (exact) mass is 240 g/mol. The molecular weight excluding hydrogens is 220 g/mol. The van der Waals surface area contributed by atoms with Gasteiger partial charge < -0.3 is 25.7 Å². The Morgan fingerprint density at radius 1 is 0.941 bits per heavy atom. The summed E-state index contributed by atoms with van der Waals surface area (Å²) in [5, 5.41) is 0. The fourth-order valence-corrected chi connectivity index (χ4v) is 1.62. The predicted molar refractivity (Wildman–Crippen MR) is 66.7 cm³/mol. The molecule has 2 atom stereocenters. The van der Waals surface area contributed by atoms with E-state index < -0.39 is 0 Å². The topological polar surface area (TPSA) is 79.7 Å². The smallest absolute Gasteiger partial charge is 0.131 e. The van der Waals surface area contributed by atoms with Gasteiger partial charge in [0, 0.05) is 18.2 Å². The normalized spacial score (nSPS) is 14.0. The second kappa shape index (κ2) is 5.75. The summed E-state index contributed by atoms with van der Waals surface area (Å²) in [6, 6.07) is 2.97. The molecule has 2 unspecified atom stereocenters. The summed E-state index contributed by atoms with van der Waals surface area (Å²) in [7, 11) is 4.73. The first-order valence-corrected chi connectivity index (χ1v) is 5.36. The molecule has 0 bridgehead atoms. The van der Waals surface area contributed by atoms with Gasteiger partial charge in [-0.3, -0.25) is 0 Å². The molecule has 1 aromatic carbocycles. The number of hydrogen-bond acceptors (Lipinski definition) is 5. The van der Waals surface area contributed by atoms with Crippen molar-refractivity contribution in [2.24, 2.45) is 11.5 Å². The average Bonchev–Trinajstić information content (AvgIpc) is 2.35. The highest BCUT2D eigenvalue weighted by Crippen LogP contribution is 2.38. The van der Waals surface area contributed by atoms with Gasteiger partial charge in [-0.2, -0.15) is 0 Å². The van der Waals surface area contributed by atoms with Crippen molar-refractivity contribution in [2.75, 3.05) is 21.3 Å². The molecule has 1 aromatic rings. The minimum atomic E-state index is -0.356. The zero-order chi connectivity index (χ0) is 13.0. The van der Waals surface area contributed by atoms with E-state index in [0.29, 0.717) is 17.2 Å². The van der Waals surface area contributed by atoms with Crippen LogP contribution in [0.3, 0.4) is 0 Å². The van der Waals surface area contributed by atoms with Gasteiger partial charge in [0.05, 0.1) is 32.9 Å². The summed E-state index contributed by atoms with van der Waals surface area (Å²) in [4.78, 5) is 0. The van der Waals surface area contributed by atoms with Gasteiger partial charge in [-0.05, 0) is 6.92 Å². The maximum atomic E-state index is 6.06. The van der Waals surface area contributed by atoms with E-state index in [1.807, 2.05) is 6.92 Å². The molecule has 0 saturated heterocycles. The third kappa shape index (κ3) is 2.81. The molecule has 0 aliphatic carbocycles. The van der Waals surface area contributed by atoms with Gasteiger partial charge in [0.1, 0.15) is 17.2 Å². The van der Waals surface area contributed by atoms with Crippen LogP contribution in [0.2, 0.25) is 0 Å². The first-order chi connectivity index (χ1) is 8.04. The van der Waals surface area contributed by atoms with Gasteiger partial charge in [0.15, 0.2) is 0 Å². The number of hydrogen-bond donors (Lipinski definition) is 2. The lowest BCUT2D eigenvalue weighted by atomic mass is 9.99. The largest absolute Gasteiger partial charge is 0.496 e. The number of rotatable bonds is 5. The Morgan fingerprint density at radius 2 is 1.41 bits per heavy atom. The summed E-state index contributed by atoms with van der Waals surface area (Å²) in [5.74, 6) is 1.89. The van der Waals surface area contributed by atoms with Crippen molar-refractivity contribution < 1.29 is 14.2 Å². The Hall–Kier alpha value is -1.46. The Labute approximate surface area is 102 Å². The van der Waals surface area contributed by atoms with Crippen LogP contribution >= 0.6 is 0 Å². The van der Waals surface area contributed by atoms with Crippen LogP contribution in [-0.2, 0) is 0 Å². The van der Waals surface area contributed by atoms with Crippen molar-refractivity contribution in [3.63, 3.8) is 0 Å². The molecule has 96 valence electrons. The van der Waals surface area contributed by atoms with Crippen molar-refractivity contribution in [1.29, 1.82) is 0 Å². The fraction of sp³-hybridized carbons (Fsp3) is 0.500. The maximum Gasteiger partial charge on any atom is 0.131 e. The van der Waals surface area contributed by atoms with Crippen molar-refractivity contribution in [2.45, 2.75) is 19.0 Å². The lowest BCUT2D eigenvalue weighted by molar-refractivity contribution is 0.360. The van der Waals surface area contributed by atoms with E-state index in [1.165, 1.54) is 0 Å². The second-order valence-electron chi connectivity index (χ2n) is 3.83. The molecule has 0 aliphatic rings. The molecule has 0 spiro atoms. The molecule has 5 heteroatoms. The van der Waals surface area contributed by atoms with E-state index in [9.17, 15) is 0 Å². The van der Waals surface area contributed by atoms with Gasteiger partial charge in [0.25, 0.3) is 0 Å². The van der Waals surface area contributed by atoms with E-state index in [-0.39, 0.29) is 12.1 Å². The fourth-order valence-electron chi connectivity index (χ4n) is 1.62. The van der Waals surface area contributed by atoms with E-state index in [2.05, 4.69) is 0 Å². The molecular formula is C12H20N2O3. The Morgan fingerprint density at radius 3 is 1.71 bits per heavy atom. The molecule has 4 N–H and O–H groups in total. The standard InChI is InChI=1S/C12H20N2O3/c1-7(13)12(14)11-9(16-3)5-8(15-2)6-10(11)17-4/h5-7,12H,13-14H2,1-4H3. The lowest BCUT2D eigenvalue weighted by Gasteiger charge is -2.22. The zero-order valence-electron chi connectivity index (χ0n) is 10.7. The van der Waals surface area contributed by atoms with Crippen LogP contribution < -0.4 is 25.7 Å². The maximum absolute atomic E-state index is 6.06. The highest BCUT2D eigenvalue weighted by atomic mass is 16.5. The van der Waals surface area contributed by atoms with Crippen LogP contribution in [0, 0.1) is 0 Å². The van der Waals surface area contributed by atoms with E-state index in [4.69, 9.17) is 25.7 Å². The SMILES string of the molecule is COc1cc(OC)c(C(N)C(C)N)c(OC)c1. The Kier molecular flexibility index (Phi) is 4.60. The second-order valence-corrected chi connectivity index (χ2v) is 3.83. The summed E-state index contributed by atoms with van der Waals surface area (Å²) >= 11 is 0. The third-order valence-corrected chi connectivity index (χ3v) is 2.65. The molecule has 0 radical (unpaired) electrons. The van der Waals surface area contributed by atoms with Crippen molar-refractivity contribution >= 4 is 0 Å². The van der Waals surface area contributed by atoms with Crippen molar-refractivity contribution in [1.82, 2.24) is 0 Å². The summed E-state index contributed by atoms with van der Waals surface area (Å²) in [6.45, 7) is 1.84. The first-order valence-electron chi connectivity index (χ1n) is 5.36. The Balaban J connectivity index is 3.34. The first kappa shape index (κ1) is 13.6. The summed E-state index contributed by atoms with van der Waals surface area (Å²) in [5.41, 5.74) is 12.6. The van der Waals surface area contributed by atoms with Gasteiger partial charge in [-0.25, -0.2) is 0 Å². The molecule has 0 heterocycles. The lowest BCUT2D eigenvalue weighted by Crippen LogP contribution is -2.31. The van der Waals surface area contributed by atoms with Gasteiger partial charge in [-0.15, -0.1) is 0 Å². The number of nitrogens with two attached hydrogens (primary N) is 2. The minimum absolute atomic E-state index is 0.203. The molecule has 0 saturated carbocycles. The van der Waals surface area contributed by atoms with E-state index in [1.54, 1.807) is 33.5 Å². The molecule has 5 nitrogen and oxygen atoms in total. The van der Waals surface area contributed by atoms with Crippen LogP contribution in [0.25, 0.3) is 0 Å². The summed E-state index contributed by atoms with van der Waals surface area (Å²) in [6.07, 6.45) is 0. The van der Waals surface area contributed by atoms with Crippen molar-refractivity contribution in [3.8, 4) is 17.2 Å². The highest BCUT2D eigenvalue weighted by Gasteiger charge is 2.22. The number of ether oxygens (including phenoxy) is 3. The van der Waals surface area contributed by atoms with Crippen LogP contribution in [0.15, 0.2) is 12.1 Å². The third-order valence-electron chi connectivity index (χ3n) is 2.65. The quantitative estimate of drug-likeness (QED) is 0.804. The highest BCUT2D eigenvalue weighted by molar-refractivity contribution is 5.52. The number of benzene rings is 1. The molecule has 0 fully saturated rings. The van der Waals surface area contributed by atoms with Gasteiger partial charge in [-0.1, -0.05) is 0 Å². The Bertz CT molecular complexity index is 355. The van der Waals surface area contributed by atoms with Crippen molar-refractivity contribution in [3.05, 3.63) is 17.7 Å². The molecule has 0 aliphatic heterocycles. The van der Waals surface area contributed by atoms with Gasteiger partial charge >= 0.3 is 0 Å². The van der Waals surface area contributed by atoms with Crippen LogP contribution in [-0.4, -0.2) is 27.4 Å². The average molecular weight is 240 g/mol. The molecule has 1 rings (SSSR count). The minimum Gasteiger partial charge on any atom is -0.496 e. The zero-order valence-corrected chi connectivity index (χ0v) is 10.7. The number of methoxy groups -OCH3 is 3. The predicted octanol–water partition coefficient (Wildman–Crippen LogP) is 1.06. The van der Waals surface area contributed by atoms with E-state index >= 15 is 0 Å². The van der Waals surface area contributed by atoms with Crippen LogP contribution in [0.1, 0.15) is 18.5 Å². The molecule has 0 amide bonds. The van der Waals surface area contributed by atoms with Crippen LogP contribution in [0.4, 0.5) is 0 Å². The van der Waals surface area contributed by atoms with Crippen LogP contribution in [0.5, 0.6) is 17.2 Å². The van der Waals surface area contributed by atoms with Gasteiger partial charge in [0.2, 0.25) is 0 Å².